The molecule has 0 amide bonds. The number of hydrogen-bond donors (Lipinski definition) is 2. The fourth-order valence-corrected chi connectivity index (χ4v) is 2.36. The van der Waals surface area contributed by atoms with Gasteiger partial charge in [-0.05, 0) is 42.5 Å². The van der Waals surface area contributed by atoms with Crippen LogP contribution in [0.5, 0.6) is 11.6 Å². The fourth-order valence-electron chi connectivity index (χ4n) is 2.36. The fraction of sp³-hybridized carbons (Fsp3) is 0.316. The Labute approximate surface area is 146 Å². The average Bonchev–Trinajstić information content (AvgIpc) is 2.55. The molecule has 2 N–H and O–H groups in total. The molecule has 2 aromatic rings. The van der Waals surface area contributed by atoms with Gasteiger partial charge in [-0.25, -0.2) is 4.98 Å². The molecule has 0 radical (unpaired) electrons. The van der Waals surface area contributed by atoms with Gasteiger partial charge < -0.3 is 14.9 Å². The first-order valence-electron chi connectivity index (χ1n) is 7.93. The monoisotopic (exact) mass is 343 g/mol. The van der Waals surface area contributed by atoms with Crippen molar-refractivity contribution in [2.24, 2.45) is 5.92 Å². The minimum atomic E-state index is -2.05. The van der Waals surface area contributed by atoms with Crippen molar-refractivity contribution in [2.75, 3.05) is 0 Å². The molecular weight excluding hydrogens is 322 g/mol. The van der Waals surface area contributed by atoms with Crippen LogP contribution >= 0.6 is 0 Å². The Morgan fingerprint density at radius 1 is 1.08 bits per heavy atom. The number of nitrogens with zero attached hydrogens (tertiary/aromatic N) is 1. The standard InChI is InChI=1S/C19H21NO5/c1-12(2)10-13-4-7-15(8-5-13)25-16-9-6-14(11-20-16)19(3,17(21)22)18(23)24/h4-9,11-12H,10H2,1-3H3,(H,21,22)(H,23,24). The Balaban J connectivity index is 2.15. The van der Waals surface area contributed by atoms with Gasteiger partial charge in [-0.3, -0.25) is 9.59 Å². The molecule has 0 saturated heterocycles. The summed E-state index contributed by atoms with van der Waals surface area (Å²) in [5.41, 5.74) is -0.763. The highest BCUT2D eigenvalue weighted by molar-refractivity contribution is 6.04. The number of carbonyl (C=O) groups is 2. The number of hydrogen-bond acceptors (Lipinski definition) is 4. The molecule has 1 heterocycles. The van der Waals surface area contributed by atoms with Crippen molar-refractivity contribution >= 4 is 11.9 Å². The number of aliphatic carboxylic acids is 2. The van der Waals surface area contributed by atoms with E-state index in [2.05, 4.69) is 18.8 Å². The van der Waals surface area contributed by atoms with E-state index in [1.165, 1.54) is 23.9 Å². The predicted octanol–water partition coefficient (Wildman–Crippen LogP) is 3.50. The second-order valence-electron chi connectivity index (χ2n) is 6.46. The summed E-state index contributed by atoms with van der Waals surface area (Å²) in [6.07, 6.45) is 2.20. The first-order valence-corrected chi connectivity index (χ1v) is 7.93. The molecule has 6 nitrogen and oxygen atoms in total. The quantitative estimate of drug-likeness (QED) is 0.747. The van der Waals surface area contributed by atoms with E-state index in [4.69, 9.17) is 4.74 Å². The van der Waals surface area contributed by atoms with E-state index in [9.17, 15) is 19.8 Å². The lowest BCUT2D eigenvalue weighted by atomic mass is 9.84. The van der Waals surface area contributed by atoms with Gasteiger partial charge in [0.2, 0.25) is 5.88 Å². The molecule has 132 valence electrons. The summed E-state index contributed by atoms with van der Waals surface area (Å²) < 4.78 is 5.62. The van der Waals surface area contributed by atoms with Crippen molar-refractivity contribution in [1.29, 1.82) is 0 Å². The predicted molar refractivity (Wildman–Crippen MR) is 91.9 cm³/mol. The second-order valence-corrected chi connectivity index (χ2v) is 6.46. The van der Waals surface area contributed by atoms with Gasteiger partial charge in [0.15, 0.2) is 5.41 Å². The van der Waals surface area contributed by atoms with Gasteiger partial charge >= 0.3 is 11.9 Å². The van der Waals surface area contributed by atoms with Crippen molar-refractivity contribution in [3.8, 4) is 11.6 Å². The zero-order chi connectivity index (χ0) is 18.6. The molecule has 6 heteroatoms. The summed E-state index contributed by atoms with van der Waals surface area (Å²) in [6.45, 7) is 5.43. The van der Waals surface area contributed by atoms with E-state index in [0.29, 0.717) is 11.7 Å². The molecule has 0 bridgehead atoms. The van der Waals surface area contributed by atoms with Crippen LogP contribution in [0.15, 0.2) is 42.6 Å². The first-order chi connectivity index (χ1) is 11.7. The van der Waals surface area contributed by atoms with E-state index in [1.54, 1.807) is 0 Å². The Morgan fingerprint density at radius 3 is 2.12 bits per heavy atom. The molecule has 0 atom stereocenters. The van der Waals surface area contributed by atoms with Crippen LogP contribution in [0.3, 0.4) is 0 Å². The first kappa shape index (κ1) is 18.4. The third-order valence-corrected chi connectivity index (χ3v) is 3.96. The third-order valence-electron chi connectivity index (χ3n) is 3.96. The van der Waals surface area contributed by atoms with Crippen molar-refractivity contribution in [2.45, 2.75) is 32.6 Å². The number of carboxylic acid groups (broad SMARTS) is 2. The van der Waals surface area contributed by atoms with Crippen molar-refractivity contribution in [3.05, 3.63) is 53.7 Å². The molecule has 0 unspecified atom stereocenters. The number of benzene rings is 1. The van der Waals surface area contributed by atoms with Gasteiger partial charge in [0.1, 0.15) is 5.75 Å². The molecule has 1 aromatic heterocycles. The van der Waals surface area contributed by atoms with Crippen molar-refractivity contribution < 1.29 is 24.5 Å². The molecule has 0 fully saturated rings. The highest BCUT2D eigenvalue weighted by Gasteiger charge is 2.43. The molecule has 0 aliphatic heterocycles. The molecule has 0 aliphatic rings. The van der Waals surface area contributed by atoms with Crippen LogP contribution in [-0.4, -0.2) is 27.1 Å². The second kappa shape index (κ2) is 7.34. The average molecular weight is 343 g/mol. The van der Waals surface area contributed by atoms with Crippen LogP contribution in [0.4, 0.5) is 0 Å². The smallest absolute Gasteiger partial charge is 0.325 e. The summed E-state index contributed by atoms with van der Waals surface area (Å²) in [7, 11) is 0. The molecule has 25 heavy (non-hydrogen) atoms. The topological polar surface area (TPSA) is 96.7 Å². The maximum absolute atomic E-state index is 11.3. The highest BCUT2D eigenvalue weighted by Crippen LogP contribution is 2.27. The van der Waals surface area contributed by atoms with Crippen LogP contribution in [0.25, 0.3) is 0 Å². The van der Waals surface area contributed by atoms with Gasteiger partial charge in [-0.1, -0.05) is 32.0 Å². The van der Waals surface area contributed by atoms with Gasteiger partial charge in [-0.2, -0.15) is 0 Å². The van der Waals surface area contributed by atoms with Gasteiger partial charge in [0.05, 0.1) is 0 Å². The third kappa shape index (κ3) is 4.15. The largest absolute Gasteiger partial charge is 0.480 e. The van der Waals surface area contributed by atoms with Gasteiger partial charge in [0.25, 0.3) is 0 Å². The molecule has 0 spiro atoms. The van der Waals surface area contributed by atoms with Crippen LogP contribution < -0.4 is 4.74 Å². The summed E-state index contributed by atoms with van der Waals surface area (Å²) >= 11 is 0. The molecule has 0 saturated carbocycles. The lowest BCUT2D eigenvalue weighted by Gasteiger charge is -2.19. The number of ether oxygens (including phenoxy) is 1. The van der Waals surface area contributed by atoms with Crippen molar-refractivity contribution in [3.63, 3.8) is 0 Å². The summed E-state index contributed by atoms with van der Waals surface area (Å²) in [5, 5.41) is 18.4. The van der Waals surface area contributed by atoms with E-state index < -0.39 is 17.4 Å². The van der Waals surface area contributed by atoms with Crippen LogP contribution in [-0.2, 0) is 21.4 Å². The molecule has 2 rings (SSSR count). The SMILES string of the molecule is CC(C)Cc1ccc(Oc2ccc(C(C)(C(=O)O)C(=O)O)cn2)cc1. The molecule has 0 aliphatic carbocycles. The number of aromatic nitrogens is 1. The highest BCUT2D eigenvalue weighted by atomic mass is 16.5. The Kier molecular flexibility index (Phi) is 5.41. The normalized spacial score (nSPS) is 11.4. The maximum atomic E-state index is 11.3. The van der Waals surface area contributed by atoms with Crippen LogP contribution in [0.1, 0.15) is 31.9 Å². The molecule has 1 aromatic carbocycles. The minimum absolute atomic E-state index is 0.0760. The van der Waals surface area contributed by atoms with E-state index in [-0.39, 0.29) is 11.4 Å². The van der Waals surface area contributed by atoms with E-state index in [1.807, 2.05) is 24.3 Å². The van der Waals surface area contributed by atoms with E-state index in [0.717, 1.165) is 13.3 Å². The lowest BCUT2D eigenvalue weighted by Crippen LogP contribution is -2.40. The number of carboxylic acids is 2. The number of pyridine rings is 1. The summed E-state index contributed by atoms with van der Waals surface area (Å²) in [5.74, 6) is -1.46. The Hall–Kier alpha value is -2.89. The maximum Gasteiger partial charge on any atom is 0.325 e. The number of rotatable bonds is 7. The zero-order valence-corrected chi connectivity index (χ0v) is 14.4. The summed E-state index contributed by atoms with van der Waals surface area (Å²) in [4.78, 5) is 26.6. The van der Waals surface area contributed by atoms with Crippen LogP contribution in [0.2, 0.25) is 0 Å². The molecular formula is C19H21NO5. The van der Waals surface area contributed by atoms with Crippen LogP contribution in [0, 0.1) is 5.92 Å². The minimum Gasteiger partial charge on any atom is -0.480 e. The zero-order valence-electron chi connectivity index (χ0n) is 14.4. The van der Waals surface area contributed by atoms with E-state index >= 15 is 0 Å². The summed E-state index contributed by atoms with van der Waals surface area (Å²) in [6, 6.07) is 10.5. The van der Waals surface area contributed by atoms with Crippen molar-refractivity contribution in [1.82, 2.24) is 4.98 Å². The Morgan fingerprint density at radius 2 is 1.68 bits per heavy atom. The van der Waals surface area contributed by atoms with Gasteiger partial charge in [0, 0.05) is 12.3 Å². The lowest BCUT2D eigenvalue weighted by molar-refractivity contribution is -0.156. The van der Waals surface area contributed by atoms with Gasteiger partial charge in [-0.15, -0.1) is 0 Å². The Bertz CT molecular complexity index is 736.